The van der Waals surface area contributed by atoms with Gasteiger partial charge >= 0.3 is 21.7 Å². The molecule has 6 nitrogen and oxygen atoms in total. The maximum absolute atomic E-state index is 12.4. The van der Waals surface area contributed by atoms with E-state index in [1.54, 1.807) is 20.8 Å². The van der Waals surface area contributed by atoms with E-state index < -0.39 is 39.4 Å². The van der Waals surface area contributed by atoms with Crippen molar-refractivity contribution in [2.24, 2.45) is 0 Å². The molecule has 0 aromatic rings. The lowest BCUT2D eigenvalue weighted by atomic mass is 10.1. The molecule has 2 atom stereocenters. The third-order valence-electron chi connectivity index (χ3n) is 3.47. The molecule has 2 bridgehead atoms. The van der Waals surface area contributed by atoms with Crippen LogP contribution in [0.2, 0.25) is 0 Å². The summed E-state index contributed by atoms with van der Waals surface area (Å²) < 4.78 is 68.7. The Kier molecular flexibility index (Phi) is 4.33. The van der Waals surface area contributed by atoms with E-state index >= 15 is 0 Å². The van der Waals surface area contributed by atoms with Crippen LogP contribution in [0.15, 0.2) is 11.8 Å². The molecule has 1 amide bonds. The van der Waals surface area contributed by atoms with Crippen LogP contribution in [-0.4, -0.2) is 42.6 Å². The maximum Gasteiger partial charge on any atom is 0.534 e. The fourth-order valence-electron chi connectivity index (χ4n) is 2.64. The number of halogens is 3. The zero-order valence-electron chi connectivity index (χ0n) is 12.9. The zero-order valence-corrected chi connectivity index (χ0v) is 13.7. The fourth-order valence-corrected chi connectivity index (χ4v) is 3.14. The van der Waals surface area contributed by atoms with Crippen molar-refractivity contribution in [3.05, 3.63) is 11.8 Å². The van der Waals surface area contributed by atoms with E-state index in [0.29, 0.717) is 12.8 Å². The minimum atomic E-state index is -5.69. The molecule has 0 unspecified atom stereocenters. The van der Waals surface area contributed by atoms with Crippen molar-refractivity contribution in [3.8, 4) is 0 Å². The molecule has 0 aliphatic carbocycles. The third-order valence-corrected chi connectivity index (χ3v) is 4.47. The van der Waals surface area contributed by atoms with Crippen molar-refractivity contribution in [2.45, 2.75) is 63.2 Å². The highest BCUT2D eigenvalue weighted by Gasteiger charge is 2.50. The first-order chi connectivity index (χ1) is 10.3. The molecular weight excluding hydrogens is 339 g/mol. The number of fused-ring (bicyclic) bond motifs is 2. The minimum Gasteiger partial charge on any atom is -0.444 e. The normalized spacial score (nSPS) is 25.1. The number of carbonyl (C=O) groups excluding carboxylic acids is 1. The van der Waals surface area contributed by atoms with Crippen molar-refractivity contribution >= 4 is 16.2 Å². The van der Waals surface area contributed by atoms with Gasteiger partial charge in [-0.25, -0.2) is 4.79 Å². The second-order valence-corrected chi connectivity index (χ2v) is 8.04. The van der Waals surface area contributed by atoms with E-state index in [1.165, 1.54) is 11.0 Å². The number of rotatable bonds is 2. The Morgan fingerprint density at radius 3 is 2.35 bits per heavy atom. The number of ether oxygens (including phenoxy) is 1. The van der Waals surface area contributed by atoms with E-state index in [-0.39, 0.29) is 12.2 Å². The quantitative estimate of drug-likeness (QED) is 0.561. The van der Waals surface area contributed by atoms with Gasteiger partial charge in [-0.1, -0.05) is 0 Å². The van der Waals surface area contributed by atoms with E-state index in [0.717, 1.165) is 0 Å². The largest absolute Gasteiger partial charge is 0.534 e. The van der Waals surface area contributed by atoms with Gasteiger partial charge in [-0.3, -0.25) is 4.90 Å². The average Bonchev–Trinajstić information content (AvgIpc) is 2.57. The molecule has 2 heterocycles. The van der Waals surface area contributed by atoms with Crippen LogP contribution in [0.1, 0.15) is 40.0 Å². The zero-order chi connectivity index (χ0) is 17.6. The predicted octanol–water partition coefficient (Wildman–Crippen LogP) is 2.91. The van der Waals surface area contributed by atoms with E-state index in [4.69, 9.17) is 4.74 Å². The first kappa shape index (κ1) is 17.9. The van der Waals surface area contributed by atoms with Gasteiger partial charge in [-0.15, -0.1) is 0 Å². The van der Waals surface area contributed by atoms with Crippen molar-refractivity contribution in [1.29, 1.82) is 0 Å². The third kappa shape index (κ3) is 3.91. The summed E-state index contributed by atoms with van der Waals surface area (Å²) in [5, 5.41) is 0. The maximum atomic E-state index is 12.4. The molecule has 0 aromatic carbocycles. The lowest BCUT2D eigenvalue weighted by Crippen LogP contribution is -2.46. The Balaban J connectivity index is 2.14. The highest BCUT2D eigenvalue weighted by molar-refractivity contribution is 7.87. The van der Waals surface area contributed by atoms with E-state index in [9.17, 15) is 26.4 Å². The average molecular weight is 357 g/mol. The second kappa shape index (κ2) is 5.57. The molecule has 0 radical (unpaired) electrons. The number of amides is 1. The lowest BCUT2D eigenvalue weighted by molar-refractivity contribution is -0.0528. The van der Waals surface area contributed by atoms with Crippen molar-refractivity contribution < 1.29 is 35.3 Å². The molecule has 1 saturated heterocycles. The van der Waals surface area contributed by atoms with Gasteiger partial charge in [0, 0.05) is 12.5 Å². The van der Waals surface area contributed by atoms with Crippen LogP contribution in [0, 0.1) is 0 Å². The number of alkyl halides is 3. The molecule has 132 valence electrons. The standard InChI is InChI=1S/C13H18F3NO5S/c1-12(2,3)21-11(18)17-8-4-5-9(17)7-10(6-8)22-23(19,20)13(14,15)16/h6,8-9H,4-5,7H2,1-3H3/t8-,9+/m0/s1. The molecule has 0 saturated carbocycles. The van der Waals surface area contributed by atoms with Gasteiger partial charge in [-0.05, 0) is 39.7 Å². The summed E-state index contributed by atoms with van der Waals surface area (Å²) in [6.45, 7) is 5.12. The first-order valence-electron chi connectivity index (χ1n) is 7.03. The SMILES string of the molecule is CC(C)(C)OC(=O)N1[C@@H]2CC[C@H]1C=C(OS(=O)(=O)C(F)(F)F)C2. The highest BCUT2D eigenvalue weighted by atomic mass is 32.2. The molecule has 1 fully saturated rings. The summed E-state index contributed by atoms with van der Waals surface area (Å²) in [4.78, 5) is 13.6. The number of hydrogen-bond donors (Lipinski definition) is 0. The Morgan fingerprint density at radius 1 is 1.26 bits per heavy atom. The minimum absolute atomic E-state index is 0.0922. The Morgan fingerprint density at radius 2 is 1.87 bits per heavy atom. The molecule has 0 N–H and O–H groups in total. The Labute approximate surface area is 132 Å². The van der Waals surface area contributed by atoms with Gasteiger partial charge in [0.15, 0.2) is 0 Å². The van der Waals surface area contributed by atoms with Gasteiger partial charge in [-0.2, -0.15) is 21.6 Å². The van der Waals surface area contributed by atoms with Crippen LogP contribution in [0.3, 0.4) is 0 Å². The van der Waals surface area contributed by atoms with Gasteiger partial charge in [0.2, 0.25) is 0 Å². The van der Waals surface area contributed by atoms with Crippen LogP contribution in [0.25, 0.3) is 0 Å². The second-order valence-electron chi connectivity index (χ2n) is 6.51. The van der Waals surface area contributed by atoms with Crippen LogP contribution in [0.4, 0.5) is 18.0 Å². The van der Waals surface area contributed by atoms with Crippen molar-refractivity contribution in [2.75, 3.05) is 0 Å². The predicted molar refractivity (Wildman–Crippen MR) is 73.6 cm³/mol. The lowest BCUT2D eigenvalue weighted by Gasteiger charge is -2.34. The van der Waals surface area contributed by atoms with Crippen molar-refractivity contribution in [3.63, 3.8) is 0 Å². The molecule has 2 aliphatic rings. The van der Waals surface area contributed by atoms with Crippen molar-refractivity contribution in [1.82, 2.24) is 4.90 Å². The van der Waals surface area contributed by atoms with Gasteiger partial charge in [0.05, 0.1) is 6.04 Å². The molecule has 2 rings (SSSR count). The van der Waals surface area contributed by atoms with Crippen LogP contribution in [-0.2, 0) is 19.0 Å². The molecule has 10 heteroatoms. The molecule has 23 heavy (non-hydrogen) atoms. The molecule has 2 aliphatic heterocycles. The summed E-state index contributed by atoms with van der Waals surface area (Å²) in [7, 11) is -5.69. The van der Waals surface area contributed by atoms with Crippen LogP contribution < -0.4 is 0 Å². The summed E-state index contributed by atoms with van der Waals surface area (Å²) in [5.74, 6) is -0.283. The summed E-state index contributed by atoms with van der Waals surface area (Å²) in [5.41, 5.74) is -6.17. The highest BCUT2D eigenvalue weighted by Crippen LogP contribution is 2.38. The number of nitrogens with zero attached hydrogens (tertiary/aromatic N) is 1. The first-order valence-corrected chi connectivity index (χ1v) is 8.44. The summed E-state index contributed by atoms with van der Waals surface area (Å²) >= 11 is 0. The topological polar surface area (TPSA) is 72.9 Å². The molecular formula is C13H18F3NO5S. The van der Waals surface area contributed by atoms with Gasteiger partial charge in [0.25, 0.3) is 0 Å². The van der Waals surface area contributed by atoms with Crippen LogP contribution >= 0.6 is 0 Å². The van der Waals surface area contributed by atoms with E-state index in [2.05, 4.69) is 4.18 Å². The molecule has 0 spiro atoms. The number of hydrogen-bond acceptors (Lipinski definition) is 5. The summed E-state index contributed by atoms with van der Waals surface area (Å²) in [6.07, 6.45) is 1.64. The Hall–Kier alpha value is -1.45. The monoisotopic (exact) mass is 357 g/mol. The number of carbonyl (C=O) groups is 1. The fraction of sp³-hybridized carbons (Fsp3) is 0.769. The smallest absolute Gasteiger partial charge is 0.444 e. The summed E-state index contributed by atoms with van der Waals surface area (Å²) in [6, 6.07) is -0.958. The Bertz CT molecular complexity index is 621. The van der Waals surface area contributed by atoms with E-state index in [1.807, 2.05) is 0 Å². The van der Waals surface area contributed by atoms with Gasteiger partial charge in [0.1, 0.15) is 11.4 Å². The molecule has 0 aromatic heterocycles. The van der Waals surface area contributed by atoms with Gasteiger partial charge < -0.3 is 8.92 Å². The van der Waals surface area contributed by atoms with Crippen LogP contribution in [0.5, 0.6) is 0 Å².